The molecule has 5 aliphatic rings. The van der Waals surface area contributed by atoms with Gasteiger partial charge in [0.25, 0.3) is 0 Å². The van der Waals surface area contributed by atoms with E-state index in [1.807, 2.05) is 6.92 Å². The van der Waals surface area contributed by atoms with E-state index in [4.69, 9.17) is 29.2 Å². The van der Waals surface area contributed by atoms with Crippen molar-refractivity contribution >= 4 is 27.5 Å². The first-order valence-electron chi connectivity index (χ1n) is 16.8. The van der Waals surface area contributed by atoms with Gasteiger partial charge in [0.1, 0.15) is 40.6 Å². The van der Waals surface area contributed by atoms with Crippen LogP contribution in [0.2, 0.25) is 0 Å². The smallest absolute Gasteiger partial charge is 0.319 e. The van der Waals surface area contributed by atoms with Gasteiger partial charge in [-0.3, -0.25) is 4.90 Å². The molecule has 6 heterocycles. The van der Waals surface area contributed by atoms with Crippen molar-refractivity contribution in [2.75, 3.05) is 57.5 Å². The second-order valence-electron chi connectivity index (χ2n) is 13.9. The molecule has 0 amide bonds. The quantitative estimate of drug-likeness (QED) is 0.297. The molecule has 3 saturated heterocycles. The first kappa shape index (κ1) is 29.3. The molecule has 4 aliphatic heterocycles. The van der Waals surface area contributed by atoms with Gasteiger partial charge in [-0.2, -0.15) is 9.97 Å². The number of halogens is 2. The number of piperazine rings is 1. The van der Waals surface area contributed by atoms with Crippen molar-refractivity contribution < 1.29 is 28.1 Å². The zero-order valence-electron chi connectivity index (χ0n) is 26.4. The van der Waals surface area contributed by atoms with E-state index in [9.17, 15) is 5.11 Å². The SMILES string of the molecule is CCc1c(F)ccc2cc(O)cc(-c3nc4c5c(nc(OCC6(CN7CCOCC7)CC6)nc5c3F)N3C[C@@H]5CC[C@@H](N5)[C@H]3CO4)c12. The van der Waals surface area contributed by atoms with Crippen LogP contribution in [0.5, 0.6) is 17.6 Å². The zero-order chi connectivity index (χ0) is 31.9. The summed E-state index contributed by atoms with van der Waals surface area (Å²) < 4.78 is 50.5. The van der Waals surface area contributed by atoms with Crippen LogP contribution in [0.25, 0.3) is 32.9 Å². The summed E-state index contributed by atoms with van der Waals surface area (Å²) in [4.78, 5) is 19.0. The molecule has 4 aromatic rings. The van der Waals surface area contributed by atoms with Gasteiger partial charge in [0.15, 0.2) is 5.82 Å². The Morgan fingerprint density at radius 3 is 2.74 bits per heavy atom. The Hall–Kier alpha value is -3.87. The molecule has 0 radical (unpaired) electrons. The van der Waals surface area contributed by atoms with Gasteiger partial charge in [-0.1, -0.05) is 13.0 Å². The van der Waals surface area contributed by atoms with E-state index < -0.39 is 11.6 Å². The molecule has 0 unspecified atom stereocenters. The number of phenols is 1. The van der Waals surface area contributed by atoms with Crippen molar-refractivity contribution in [1.82, 2.24) is 25.2 Å². The van der Waals surface area contributed by atoms with Crippen molar-refractivity contribution in [2.24, 2.45) is 5.41 Å². The Morgan fingerprint density at radius 1 is 1.09 bits per heavy atom. The van der Waals surface area contributed by atoms with E-state index in [0.717, 1.165) is 58.5 Å². The Kier molecular flexibility index (Phi) is 6.92. The predicted molar refractivity (Wildman–Crippen MR) is 172 cm³/mol. The fourth-order valence-electron chi connectivity index (χ4n) is 8.17. The largest absolute Gasteiger partial charge is 0.508 e. The summed E-state index contributed by atoms with van der Waals surface area (Å²) in [6.45, 7) is 7.53. The summed E-state index contributed by atoms with van der Waals surface area (Å²) >= 11 is 0. The number of anilines is 1. The van der Waals surface area contributed by atoms with Crippen molar-refractivity contribution in [2.45, 2.75) is 57.2 Å². The van der Waals surface area contributed by atoms with Crippen LogP contribution >= 0.6 is 0 Å². The minimum absolute atomic E-state index is 0.0117. The Balaban J connectivity index is 1.19. The number of phenolic OH excluding ortho intramolecular Hbond substituents is 1. The third kappa shape index (κ3) is 4.95. The molecule has 0 spiro atoms. The summed E-state index contributed by atoms with van der Waals surface area (Å²) in [5.41, 5.74) is 0.698. The molecular weight excluding hydrogens is 606 g/mol. The molecule has 9 rings (SSSR count). The fourth-order valence-corrected chi connectivity index (χ4v) is 8.17. The Morgan fingerprint density at radius 2 is 1.94 bits per heavy atom. The maximum Gasteiger partial charge on any atom is 0.319 e. The van der Waals surface area contributed by atoms with Gasteiger partial charge in [-0.05, 0) is 66.6 Å². The maximum atomic E-state index is 17.1. The third-order valence-electron chi connectivity index (χ3n) is 10.8. The lowest BCUT2D eigenvalue weighted by Crippen LogP contribution is -2.60. The molecular formula is C35H38F2N6O4. The van der Waals surface area contributed by atoms with Crippen molar-refractivity contribution in [1.29, 1.82) is 0 Å². The van der Waals surface area contributed by atoms with Gasteiger partial charge in [0.2, 0.25) is 5.88 Å². The highest BCUT2D eigenvalue weighted by Crippen LogP contribution is 2.48. The van der Waals surface area contributed by atoms with E-state index in [1.165, 1.54) is 12.1 Å². The fraction of sp³-hybridized carbons (Fsp3) is 0.514. The predicted octanol–water partition coefficient (Wildman–Crippen LogP) is 4.58. The van der Waals surface area contributed by atoms with E-state index in [1.54, 1.807) is 12.1 Å². The van der Waals surface area contributed by atoms with Crippen LogP contribution in [0.15, 0.2) is 24.3 Å². The number of aryl methyl sites for hydroxylation is 1. The highest BCUT2D eigenvalue weighted by molar-refractivity contribution is 6.03. The average Bonchev–Trinajstić information content (AvgIpc) is 3.77. The van der Waals surface area contributed by atoms with Gasteiger partial charge in [-0.25, -0.2) is 13.8 Å². The molecule has 246 valence electrons. The number of nitrogens with one attached hydrogen (secondary N) is 1. The third-order valence-corrected chi connectivity index (χ3v) is 10.8. The molecule has 47 heavy (non-hydrogen) atoms. The van der Waals surface area contributed by atoms with E-state index in [0.29, 0.717) is 59.8 Å². The molecule has 4 fully saturated rings. The standard InChI is InChI=1S/C35H38F2N6O4/c1-2-22-24(36)5-3-19-13-21(44)14-23(27(19)22)30-29(37)31-28-32(43-15-20-4-6-25(38-20)26(43)16-46-33(28)39-30)41-34(40-31)47-18-35(7-8-35)17-42-9-11-45-12-10-42/h3,5,13-14,20,25-26,38,44H,2,4,6-12,15-18H2,1H3/t20-,25+,26+/m0/s1. The lowest BCUT2D eigenvalue weighted by atomic mass is 9.94. The molecule has 1 saturated carbocycles. The number of fused-ring (bicyclic) bond motifs is 6. The van der Waals surface area contributed by atoms with Crippen LogP contribution in [0.4, 0.5) is 14.6 Å². The maximum absolute atomic E-state index is 17.1. The van der Waals surface area contributed by atoms with E-state index in [-0.39, 0.29) is 51.9 Å². The second-order valence-corrected chi connectivity index (χ2v) is 13.9. The first-order valence-corrected chi connectivity index (χ1v) is 16.8. The number of hydrogen-bond donors (Lipinski definition) is 2. The number of benzene rings is 2. The molecule has 12 heteroatoms. The molecule has 1 aliphatic carbocycles. The summed E-state index contributed by atoms with van der Waals surface area (Å²) in [5.74, 6) is -0.368. The number of pyridine rings is 1. The van der Waals surface area contributed by atoms with Crippen LogP contribution in [0, 0.1) is 17.0 Å². The molecule has 2 bridgehead atoms. The second kappa shape index (κ2) is 11.1. The number of rotatable bonds is 7. The number of ether oxygens (including phenoxy) is 3. The monoisotopic (exact) mass is 644 g/mol. The van der Waals surface area contributed by atoms with Crippen LogP contribution < -0.4 is 19.7 Å². The summed E-state index contributed by atoms with van der Waals surface area (Å²) in [6.07, 6.45) is 4.55. The number of hydrogen-bond acceptors (Lipinski definition) is 10. The van der Waals surface area contributed by atoms with Crippen molar-refractivity contribution in [3.05, 3.63) is 41.5 Å². The van der Waals surface area contributed by atoms with Gasteiger partial charge >= 0.3 is 6.01 Å². The lowest BCUT2D eigenvalue weighted by molar-refractivity contribution is 0.0231. The van der Waals surface area contributed by atoms with Gasteiger partial charge in [0, 0.05) is 49.2 Å². The zero-order valence-corrected chi connectivity index (χ0v) is 26.4. The highest BCUT2D eigenvalue weighted by Gasteiger charge is 2.46. The van der Waals surface area contributed by atoms with Crippen molar-refractivity contribution in [3.63, 3.8) is 0 Å². The van der Waals surface area contributed by atoms with Gasteiger partial charge < -0.3 is 29.5 Å². The summed E-state index contributed by atoms with van der Waals surface area (Å²) in [6, 6.07) is 6.55. The molecule has 2 aromatic carbocycles. The minimum Gasteiger partial charge on any atom is -0.508 e. The number of aromatic nitrogens is 3. The van der Waals surface area contributed by atoms with E-state index >= 15 is 8.78 Å². The van der Waals surface area contributed by atoms with Crippen LogP contribution in [0.1, 0.15) is 38.2 Å². The van der Waals surface area contributed by atoms with Gasteiger partial charge in [-0.15, -0.1) is 0 Å². The summed E-state index contributed by atoms with van der Waals surface area (Å²) in [7, 11) is 0. The minimum atomic E-state index is -0.690. The normalized spacial score (nSPS) is 24.7. The molecule has 3 atom stereocenters. The molecule has 10 nitrogen and oxygen atoms in total. The summed E-state index contributed by atoms with van der Waals surface area (Å²) in [5, 5.41) is 15.9. The highest BCUT2D eigenvalue weighted by atomic mass is 19.1. The number of nitrogens with zero attached hydrogens (tertiary/aromatic N) is 5. The number of morpholine rings is 1. The Labute approximate surface area is 271 Å². The van der Waals surface area contributed by atoms with Crippen molar-refractivity contribution in [3.8, 4) is 28.9 Å². The number of aromatic hydroxyl groups is 1. The molecule has 2 N–H and O–H groups in total. The topological polar surface area (TPSA) is 105 Å². The average molecular weight is 645 g/mol. The van der Waals surface area contributed by atoms with Crippen LogP contribution in [-0.4, -0.2) is 95.7 Å². The Bertz CT molecular complexity index is 1900. The molecule has 2 aromatic heterocycles. The lowest BCUT2D eigenvalue weighted by Gasteiger charge is -2.40. The first-order chi connectivity index (χ1) is 22.9. The van der Waals surface area contributed by atoms with Crippen LogP contribution in [-0.2, 0) is 11.2 Å². The van der Waals surface area contributed by atoms with Gasteiger partial charge in [0.05, 0.1) is 25.9 Å². The van der Waals surface area contributed by atoms with E-state index in [2.05, 4.69) is 15.1 Å². The van der Waals surface area contributed by atoms with Crippen LogP contribution in [0.3, 0.4) is 0 Å².